The fraction of sp³-hybridized carbons (Fsp3) is 0.667. The Morgan fingerprint density at radius 1 is 0.793 bits per heavy atom. The van der Waals surface area contributed by atoms with Gasteiger partial charge in [0.1, 0.15) is 5.75 Å². The molecule has 0 atom stereocenters. The number of carboxylic acid groups (broad SMARTS) is 2. The van der Waals surface area contributed by atoms with Crippen LogP contribution in [-0.2, 0) is 22.4 Å². The number of carboxylic acids is 2. The standard InChI is InChI=1S/C24H38O5/c1-2-3-4-5-6-11-19-29-22-16-12-14-20(13-7-9-17-23(25)26)21(22)15-8-10-18-24(27)28/h12,14,16H,2-11,13,15,17-19H2,1H3,(H,25,26)(H,27,28). The molecule has 5 nitrogen and oxygen atoms in total. The van der Waals surface area contributed by atoms with E-state index in [0.717, 1.165) is 37.9 Å². The first-order chi connectivity index (χ1) is 14.0. The van der Waals surface area contributed by atoms with Gasteiger partial charge in [-0.3, -0.25) is 9.59 Å². The molecule has 1 aromatic rings. The summed E-state index contributed by atoms with van der Waals surface area (Å²) in [4.78, 5) is 21.5. The molecule has 0 spiro atoms. The predicted molar refractivity (Wildman–Crippen MR) is 116 cm³/mol. The topological polar surface area (TPSA) is 83.8 Å². The molecular formula is C24H38O5. The lowest BCUT2D eigenvalue weighted by atomic mass is 9.96. The normalized spacial score (nSPS) is 10.8. The van der Waals surface area contributed by atoms with Crippen molar-refractivity contribution in [3.63, 3.8) is 0 Å². The van der Waals surface area contributed by atoms with Crippen molar-refractivity contribution in [2.45, 2.75) is 96.8 Å². The van der Waals surface area contributed by atoms with Gasteiger partial charge in [0.05, 0.1) is 6.61 Å². The molecule has 2 N–H and O–H groups in total. The van der Waals surface area contributed by atoms with Crippen molar-refractivity contribution in [1.82, 2.24) is 0 Å². The molecule has 5 heteroatoms. The molecule has 164 valence electrons. The van der Waals surface area contributed by atoms with Gasteiger partial charge in [-0.1, -0.05) is 51.2 Å². The zero-order valence-corrected chi connectivity index (χ0v) is 18.0. The Labute approximate surface area is 175 Å². The van der Waals surface area contributed by atoms with E-state index >= 15 is 0 Å². The van der Waals surface area contributed by atoms with Crippen molar-refractivity contribution >= 4 is 11.9 Å². The van der Waals surface area contributed by atoms with E-state index in [-0.39, 0.29) is 12.8 Å². The lowest BCUT2D eigenvalue weighted by Gasteiger charge is -2.16. The van der Waals surface area contributed by atoms with Crippen molar-refractivity contribution in [1.29, 1.82) is 0 Å². The van der Waals surface area contributed by atoms with Gasteiger partial charge in [0.2, 0.25) is 0 Å². The molecule has 0 unspecified atom stereocenters. The minimum Gasteiger partial charge on any atom is -0.493 e. The van der Waals surface area contributed by atoms with Crippen LogP contribution in [0.1, 0.15) is 95.1 Å². The second-order valence-electron chi connectivity index (χ2n) is 7.71. The number of benzene rings is 1. The van der Waals surface area contributed by atoms with E-state index in [1.54, 1.807) is 0 Å². The maximum Gasteiger partial charge on any atom is 0.303 e. The molecule has 0 saturated heterocycles. The van der Waals surface area contributed by atoms with Gasteiger partial charge in [-0.15, -0.1) is 0 Å². The Bertz CT molecular complexity index is 597. The zero-order chi connectivity index (χ0) is 21.3. The maximum atomic E-state index is 10.8. The fourth-order valence-electron chi connectivity index (χ4n) is 3.50. The third-order valence-corrected chi connectivity index (χ3v) is 5.14. The number of ether oxygens (including phenoxy) is 1. The molecule has 0 aliphatic rings. The number of aliphatic carboxylic acids is 2. The fourth-order valence-corrected chi connectivity index (χ4v) is 3.50. The highest BCUT2D eigenvalue weighted by molar-refractivity contribution is 5.66. The summed E-state index contributed by atoms with van der Waals surface area (Å²) in [6.45, 7) is 2.92. The van der Waals surface area contributed by atoms with E-state index in [1.807, 2.05) is 12.1 Å². The van der Waals surface area contributed by atoms with Gasteiger partial charge in [0.25, 0.3) is 0 Å². The SMILES string of the molecule is CCCCCCCCOc1cccc(CCCCC(=O)O)c1CCCCC(=O)O. The van der Waals surface area contributed by atoms with Crippen LogP contribution < -0.4 is 4.74 Å². The largest absolute Gasteiger partial charge is 0.493 e. The van der Waals surface area contributed by atoms with Gasteiger partial charge in [0.15, 0.2) is 0 Å². The summed E-state index contributed by atoms with van der Waals surface area (Å²) < 4.78 is 6.10. The van der Waals surface area contributed by atoms with Gasteiger partial charge in [-0.05, 0) is 62.1 Å². The second kappa shape index (κ2) is 15.8. The van der Waals surface area contributed by atoms with Gasteiger partial charge in [0, 0.05) is 12.8 Å². The third-order valence-electron chi connectivity index (χ3n) is 5.14. The quantitative estimate of drug-likeness (QED) is 0.291. The molecule has 1 rings (SSSR count). The molecular weight excluding hydrogens is 368 g/mol. The van der Waals surface area contributed by atoms with Crippen molar-refractivity contribution in [3.05, 3.63) is 29.3 Å². The van der Waals surface area contributed by atoms with Gasteiger partial charge >= 0.3 is 11.9 Å². The van der Waals surface area contributed by atoms with Crippen LogP contribution in [0.5, 0.6) is 5.75 Å². The van der Waals surface area contributed by atoms with E-state index in [2.05, 4.69) is 13.0 Å². The summed E-state index contributed by atoms with van der Waals surface area (Å²) in [7, 11) is 0. The summed E-state index contributed by atoms with van der Waals surface area (Å²) in [6, 6.07) is 6.10. The van der Waals surface area contributed by atoms with Gasteiger partial charge in [-0.25, -0.2) is 0 Å². The van der Waals surface area contributed by atoms with E-state index in [0.29, 0.717) is 19.4 Å². The minimum atomic E-state index is -0.758. The Kier molecular flexibility index (Phi) is 13.6. The van der Waals surface area contributed by atoms with E-state index in [9.17, 15) is 9.59 Å². The summed E-state index contributed by atoms with van der Waals surface area (Å²) in [5.74, 6) is -0.606. The summed E-state index contributed by atoms with van der Waals surface area (Å²) in [5, 5.41) is 17.7. The maximum absolute atomic E-state index is 10.8. The van der Waals surface area contributed by atoms with Crippen LogP contribution in [0.25, 0.3) is 0 Å². The number of carbonyl (C=O) groups is 2. The van der Waals surface area contributed by atoms with Crippen LogP contribution in [0, 0.1) is 0 Å². The number of hydrogen-bond acceptors (Lipinski definition) is 3. The summed E-state index contributed by atoms with van der Waals surface area (Å²) in [6.07, 6.45) is 12.3. The summed E-state index contributed by atoms with van der Waals surface area (Å²) in [5.41, 5.74) is 2.37. The van der Waals surface area contributed by atoms with Crippen molar-refractivity contribution < 1.29 is 24.5 Å². The van der Waals surface area contributed by atoms with Gasteiger partial charge in [-0.2, -0.15) is 0 Å². The molecule has 0 fully saturated rings. The highest BCUT2D eigenvalue weighted by Crippen LogP contribution is 2.27. The average molecular weight is 407 g/mol. The molecule has 0 saturated carbocycles. The molecule has 0 aromatic heterocycles. The van der Waals surface area contributed by atoms with Crippen LogP contribution in [0.4, 0.5) is 0 Å². The number of unbranched alkanes of at least 4 members (excludes halogenated alkanes) is 7. The predicted octanol–water partition coefficient (Wildman–Crippen LogP) is 6.02. The van der Waals surface area contributed by atoms with Crippen LogP contribution in [0.2, 0.25) is 0 Å². The zero-order valence-electron chi connectivity index (χ0n) is 18.0. The molecule has 0 aliphatic heterocycles. The second-order valence-corrected chi connectivity index (χ2v) is 7.71. The van der Waals surface area contributed by atoms with E-state index in [4.69, 9.17) is 14.9 Å². The molecule has 1 aromatic carbocycles. The lowest BCUT2D eigenvalue weighted by molar-refractivity contribution is -0.138. The highest BCUT2D eigenvalue weighted by Gasteiger charge is 2.11. The van der Waals surface area contributed by atoms with Crippen LogP contribution in [-0.4, -0.2) is 28.8 Å². The third kappa shape index (κ3) is 12.2. The van der Waals surface area contributed by atoms with E-state index in [1.165, 1.54) is 43.2 Å². The van der Waals surface area contributed by atoms with E-state index < -0.39 is 11.9 Å². The molecule has 0 aliphatic carbocycles. The molecule has 0 radical (unpaired) electrons. The van der Waals surface area contributed by atoms with Crippen molar-refractivity contribution in [2.24, 2.45) is 0 Å². The molecule has 0 heterocycles. The smallest absolute Gasteiger partial charge is 0.303 e. The Morgan fingerprint density at radius 3 is 2.07 bits per heavy atom. The summed E-state index contributed by atoms with van der Waals surface area (Å²) >= 11 is 0. The van der Waals surface area contributed by atoms with Crippen LogP contribution >= 0.6 is 0 Å². The minimum absolute atomic E-state index is 0.189. The van der Waals surface area contributed by atoms with Crippen molar-refractivity contribution in [3.8, 4) is 5.75 Å². The first-order valence-corrected chi connectivity index (χ1v) is 11.2. The number of rotatable bonds is 18. The lowest BCUT2D eigenvalue weighted by Crippen LogP contribution is -2.05. The Morgan fingerprint density at radius 2 is 1.41 bits per heavy atom. The Balaban J connectivity index is 2.61. The first kappa shape index (κ1) is 25.0. The van der Waals surface area contributed by atoms with Crippen LogP contribution in [0.15, 0.2) is 18.2 Å². The Hall–Kier alpha value is -2.04. The van der Waals surface area contributed by atoms with Crippen LogP contribution in [0.3, 0.4) is 0 Å². The monoisotopic (exact) mass is 406 g/mol. The molecule has 0 bridgehead atoms. The molecule has 29 heavy (non-hydrogen) atoms. The molecule has 0 amide bonds. The van der Waals surface area contributed by atoms with Crippen molar-refractivity contribution in [2.75, 3.05) is 6.61 Å². The number of hydrogen-bond donors (Lipinski definition) is 2. The van der Waals surface area contributed by atoms with Gasteiger partial charge < -0.3 is 14.9 Å². The average Bonchev–Trinajstić information content (AvgIpc) is 2.68. The highest BCUT2D eigenvalue weighted by atomic mass is 16.5. The first-order valence-electron chi connectivity index (χ1n) is 11.2. The number of aryl methyl sites for hydroxylation is 1.